The zero-order chi connectivity index (χ0) is 18.4. The van der Waals surface area contributed by atoms with Crippen molar-refractivity contribution >= 4 is 33.5 Å². The molecule has 0 saturated heterocycles. The van der Waals surface area contributed by atoms with Crippen LogP contribution in [0.3, 0.4) is 0 Å². The van der Waals surface area contributed by atoms with Crippen LogP contribution >= 0.6 is 15.9 Å². The largest absolute Gasteiger partial charge is 0.479 e. The number of ether oxygens (including phenoxy) is 2. The number of aryl methyl sites for hydroxylation is 1. The van der Waals surface area contributed by atoms with Crippen molar-refractivity contribution in [1.82, 2.24) is 0 Å². The van der Waals surface area contributed by atoms with E-state index in [9.17, 15) is 14.0 Å². The monoisotopic (exact) mass is 409 g/mol. The van der Waals surface area contributed by atoms with Crippen LogP contribution in [0.5, 0.6) is 5.75 Å². The Bertz CT molecular complexity index is 764. The molecule has 0 aliphatic carbocycles. The van der Waals surface area contributed by atoms with E-state index < -0.39 is 30.4 Å². The van der Waals surface area contributed by atoms with E-state index in [4.69, 9.17) is 9.47 Å². The Labute approximate surface area is 153 Å². The van der Waals surface area contributed by atoms with Gasteiger partial charge in [0.15, 0.2) is 12.7 Å². The molecular formula is C18H17BrFNO4. The predicted molar refractivity (Wildman–Crippen MR) is 95.0 cm³/mol. The second-order valence-electron chi connectivity index (χ2n) is 5.35. The maximum absolute atomic E-state index is 12.8. The van der Waals surface area contributed by atoms with E-state index in [1.165, 1.54) is 31.2 Å². The zero-order valence-electron chi connectivity index (χ0n) is 13.7. The molecule has 0 heterocycles. The molecule has 2 rings (SSSR count). The van der Waals surface area contributed by atoms with Gasteiger partial charge in [-0.2, -0.15) is 0 Å². The fraction of sp³-hybridized carbons (Fsp3) is 0.222. The Morgan fingerprint density at radius 1 is 1.20 bits per heavy atom. The predicted octanol–water partition coefficient (Wildman–Crippen LogP) is 3.85. The lowest BCUT2D eigenvalue weighted by molar-refractivity contribution is -0.153. The molecule has 0 aromatic heterocycles. The summed E-state index contributed by atoms with van der Waals surface area (Å²) < 4.78 is 23.8. The van der Waals surface area contributed by atoms with Crippen molar-refractivity contribution in [2.45, 2.75) is 20.0 Å². The number of hydrogen-bond donors (Lipinski definition) is 1. The molecule has 25 heavy (non-hydrogen) atoms. The first-order valence-corrected chi connectivity index (χ1v) is 8.29. The van der Waals surface area contributed by atoms with Crippen LogP contribution in [-0.2, 0) is 14.3 Å². The average molecular weight is 410 g/mol. The summed E-state index contributed by atoms with van der Waals surface area (Å²) in [6.07, 6.45) is -0.927. The van der Waals surface area contributed by atoms with Crippen LogP contribution in [0.4, 0.5) is 10.1 Å². The summed E-state index contributed by atoms with van der Waals surface area (Å²) in [4.78, 5) is 23.8. The molecule has 0 fully saturated rings. The van der Waals surface area contributed by atoms with Crippen LogP contribution in [0.2, 0.25) is 0 Å². The SMILES string of the molecule is Cc1ccc(NC(=O)COC(=O)[C@@H](C)Oc2ccc(F)cc2)c(Br)c1. The van der Waals surface area contributed by atoms with E-state index in [0.717, 1.165) is 10.0 Å². The number of halogens is 2. The lowest BCUT2D eigenvalue weighted by atomic mass is 10.2. The fourth-order valence-electron chi connectivity index (χ4n) is 1.93. The summed E-state index contributed by atoms with van der Waals surface area (Å²) in [5.41, 5.74) is 1.63. The summed E-state index contributed by atoms with van der Waals surface area (Å²) in [5, 5.41) is 2.64. The summed E-state index contributed by atoms with van der Waals surface area (Å²) in [6, 6.07) is 10.7. The Morgan fingerprint density at radius 3 is 2.52 bits per heavy atom. The molecule has 5 nitrogen and oxygen atoms in total. The van der Waals surface area contributed by atoms with Crippen LogP contribution in [0.1, 0.15) is 12.5 Å². The Kier molecular flexibility index (Phi) is 6.52. The molecule has 0 unspecified atom stereocenters. The highest BCUT2D eigenvalue weighted by molar-refractivity contribution is 9.10. The molecule has 0 saturated carbocycles. The van der Waals surface area contributed by atoms with Gasteiger partial charge in [-0.25, -0.2) is 9.18 Å². The third-order valence-electron chi connectivity index (χ3n) is 3.20. The number of rotatable bonds is 6. The number of carbonyl (C=O) groups is 2. The maximum Gasteiger partial charge on any atom is 0.347 e. The van der Waals surface area contributed by atoms with E-state index in [-0.39, 0.29) is 0 Å². The van der Waals surface area contributed by atoms with Gasteiger partial charge in [0.05, 0.1) is 5.69 Å². The van der Waals surface area contributed by atoms with Gasteiger partial charge in [0.1, 0.15) is 11.6 Å². The second-order valence-corrected chi connectivity index (χ2v) is 6.21. The van der Waals surface area contributed by atoms with Crippen LogP contribution in [0.15, 0.2) is 46.9 Å². The molecule has 0 aliphatic heterocycles. The molecule has 0 spiro atoms. The first-order valence-electron chi connectivity index (χ1n) is 7.50. The topological polar surface area (TPSA) is 64.6 Å². The Hall–Kier alpha value is -2.41. The standard InChI is InChI=1S/C18H17BrFNO4/c1-11-3-8-16(15(19)9-11)21-17(22)10-24-18(23)12(2)25-14-6-4-13(20)5-7-14/h3-9,12H,10H2,1-2H3,(H,21,22)/t12-/m1/s1. The van der Waals surface area contributed by atoms with E-state index in [0.29, 0.717) is 11.4 Å². The molecule has 1 N–H and O–H groups in total. The maximum atomic E-state index is 12.8. The van der Waals surface area contributed by atoms with Gasteiger partial charge in [0.2, 0.25) is 0 Å². The van der Waals surface area contributed by atoms with Crippen LogP contribution in [-0.4, -0.2) is 24.6 Å². The smallest absolute Gasteiger partial charge is 0.347 e. The highest BCUT2D eigenvalue weighted by Gasteiger charge is 2.18. The van der Waals surface area contributed by atoms with Gasteiger partial charge >= 0.3 is 5.97 Å². The lowest BCUT2D eigenvalue weighted by Crippen LogP contribution is -2.29. The molecule has 1 amide bonds. The summed E-state index contributed by atoms with van der Waals surface area (Å²) in [6.45, 7) is 2.98. The third kappa shape index (κ3) is 5.86. The molecule has 0 aliphatic rings. The molecule has 1 atom stereocenters. The Morgan fingerprint density at radius 2 is 1.88 bits per heavy atom. The van der Waals surface area contributed by atoms with Crippen molar-refractivity contribution in [3.63, 3.8) is 0 Å². The minimum atomic E-state index is -0.927. The summed E-state index contributed by atoms with van der Waals surface area (Å²) in [7, 11) is 0. The molecule has 0 radical (unpaired) electrons. The number of amides is 1. The Balaban J connectivity index is 1.82. The molecule has 132 valence electrons. The van der Waals surface area contributed by atoms with Gasteiger partial charge in [-0.05, 0) is 71.7 Å². The molecule has 2 aromatic carbocycles. The number of anilines is 1. The van der Waals surface area contributed by atoms with E-state index in [1.54, 1.807) is 6.07 Å². The van der Waals surface area contributed by atoms with Gasteiger partial charge in [0.25, 0.3) is 5.91 Å². The van der Waals surface area contributed by atoms with E-state index in [1.807, 2.05) is 19.1 Å². The van der Waals surface area contributed by atoms with Crippen molar-refractivity contribution in [1.29, 1.82) is 0 Å². The zero-order valence-corrected chi connectivity index (χ0v) is 15.3. The highest BCUT2D eigenvalue weighted by atomic mass is 79.9. The fourth-order valence-corrected chi connectivity index (χ4v) is 2.52. The van der Waals surface area contributed by atoms with Gasteiger partial charge in [0, 0.05) is 4.47 Å². The summed E-state index contributed by atoms with van der Waals surface area (Å²) >= 11 is 3.35. The van der Waals surface area contributed by atoms with Gasteiger partial charge in [-0.3, -0.25) is 4.79 Å². The van der Waals surface area contributed by atoms with Crippen LogP contribution in [0.25, 0.3) is 0 Å². The minimum absolute atomic E-state index is 0.332. The molecular weight excluding hydrogens is 393 g/mol. The summed E-state index contributed by atoms with van der Waals surface area (Å²) in [5.74, 6) is -1.23. The van der Waals surface area contributed by atoms with Gasteiger partial charge < -0.3 is 14.8 Å². The minimum Gasteiger partial charge on any atom is -0.479 e. The van der Waals surface area contributed by atoms with Crippen molar-refractivity contribution in [2.75, 3.05) is 11.9 Å². The van der Waals surface area contributed by atoms with Crippen molar-refractivity contribution in [2.24, 2.45) is 0 Å². The lowest BCUT2D eigenvalue weighted by Gasteiger charge is -2.14. The van der Waals surface area contributed by atoms with E-state index >= 15 is 0 Å². The molecule has 2 aromatic rings. The number of hydrogen-bond acceptors (Lipinski definition) is 4. The number of nitrogens with one attached hydrogen (secondary N) is 1. The average Bonchev–Trinajstić information content (AvgIpc) is 2.57. The van der Waals surface area contributed by atoms with Crippen molar-refractivity contribution in [3.05, 3.63) is 58.3 Å². The first-order chi connectivity index (χ1) is 11.8. The van der Waals surface area contributed by atoms with Crippen molar-refractivity contribution < 1.29 is 23.5 Å². The van der Waals surface area contributed by atoms with Gasteiger partial charge in [-0.1, -0.05) is 6.07 Å². The van der Waals surface area contributed by atoms with Crippen molar-refractivity contribution in [3.8, 4) is 5.75 Å². The quantitative estimate of drug-likeness (QED) is 0.735. The first kappa shape index (κ1) is 18.9. The van der Waals surface area contributed by atoms with Gasteiger partial charge in [-0.15, -0.1) is 0 Å². The van der Waals surface area contributed by atoms with Crippen LogP contribution in [0, 0.1) is 12.7 Å². The number of carbonyl (C=O) groups excluding carboxylic acids is 2. The second kappa shape index (κ2) is 8.62. The number of benzene rings is 2. The van der Waals surface area contributed by atoms with Crippen LogP contribution < -0.4 is 10.1 Å². The third-order valence-corrected chi connectivity index (χ3v) is 3.86. The normalized spacial score (nSPS) is 11.5. The molecule has 0 bridgehead atoms. The van der Waals surface area contributed by atoms with E-state index in [2.05, 4.69) is 21.2 Å². The number of esters is 1. The highest BCUT2D eigenvalue weighted by Crippen LogP contribution is 2.23. The molecule has 7 heteroatoms.